The molecule has 0 aliphatic rings. The topological polar surface area (TPSA) is 29.5 Å². The molecule has 0 bridgehead atoms. The number of ether oxygens (including phenoxy) is 1. The lowest BCUT2D eigenvalue weighted by Crippen LogP contribution is -2.29. The van der Waals surface area contributed by atoms with Crippen LogP contribution in [0.5, 0.6) is 0 Å². The third kappa shape index (κ3) is 2.57. The molecule has 15 heavy (non-hydrogen) atoms. The maximum Gasteiger partial charge on any atom is 0.327 e. The average Bonchev–Trinajstić information content (AvgIpc) is 2.20. The van der Waals surface area contributed by atoms with Gasteiger partial charge in [0.1, 0.15) is 6.04 Å². The van der Waals surface area contributed by atoms with Gasteiger partial charge in [-0.05, 0) is 32.1 Å². The maximum atomic E-state index is 11.6. The van der Waals surface area contributed by atoms with Crippen molar-refractivity contribution in [1.29, 1.82) is 0 Å². The van der Waals surface area contributed by atoms with E-state index in [0.717, 1.165) is 11.1 Å². The highest BCUT2D eigenvalue weighted by Crippen LogP contribution is 2.22. The number of aryl methyl sites for hydroxylation is 1. The van der Waals surface area contributed by atoms with E-state index in [0.29, 0.717) is 0 Å². The number of likely N-dealkylation sites (N-methyl/N-ethyl adjacent to an activating group) is 1. The van der Waals surface area contributed by atoms with Crippen LogP contribution in [-0.4, -0.2) is 32.1 Å². The predicted octanol–water partition coefficient (Wildman–Crippen LogP) is 1.77. The minimum absolute atomic E-state index is 0.227. The van der Waals surface area contributed by atoms with E-state index in [4.69, 9.17) is 4.74 Å². The first-order valence-corrected chi connectivity index (χ1v) is 4.87. The third-order valence-electron chi connectivity index (χ3n) is 2.42. The van der Waals surface area contributed by atoms with Crippen LogP contribution in [0.2, 0.25) is 0 Å². The lowest BCUT2D eigenvalue weighted by atomic mass is 10.0. The van der Waals surface area contributed by atoms with Crippen LogP contribution in [0.3, 0.4) is 0 Å². The summed E-state index contributed by atoms with van der Waals surface area (Å²) in [7, 11) is 5.15. The number of rotatable bonds is 3. The van der Waals surface area contributed by atoms with E-state index in [1.54, 1.807) is 0 Å². The largest absolute Gasteiger partial charge is 0.468 e. The SMILES string of the molecule is COC(=O)C(c1ccccc1C)N(C)C. The van der Waals surface area contributed by atoms with Crippen molar-refractivity contribution < 1.29 is 9.53 Å². The Morgan fingerprint density at radius 3 is 2.40 bits per heavy atom. The van der Waals surface area contributed by atoms with Crippen molar-refractivity contribution in [1.82, 2.24) is 4.90 Å². The van der Waals surface area contributed by atoms with Gasteiger partial charge in [-0.15, -0.1) is 0 Å². The van der Waals surface area contributed by atoms with Gasteiger partial charge in [0.05, 0.1) is 7.11 Å². The molecule has 0 fully saturated rings. The molecule has 1 aromatic rings. The fraction of sp³-hybridized carbons (Fsp3) is 0.417. The fourth-order valence-corrected chi connectivity index (χ4v) is 1.62. The van der Waals surface area contributed by atoms with Gasteiger partial charge < -0.3 is 4.74 Å². The molecule has 82 valence electrons. The van der Waals surface area contributed by atoms with Gasteiger partial charge in [-0.3, -0.25) is 4.90 Å². The van der Waals surface area contributed by atoms with Gasteiger partial charge in [-0.1, -0.05) is 24.3 Å². The summed E-state index contributed by atoms with van der Waals surface area (Å²) in [4.78, 5) is 13.5. The zero-order valence-corrected chi connectivity index (χ0v) is 9.65. The Morgan fingerprint density at radius 2 is 1.93 bits per heavy atom. The standard InChI is InChI=1S/C12H17NO2/c1-9-7-5-6-8-10(9)11(13(2)3)12(14)15-4/h5-8,11H,1-4H3. The Labute approximate surface area is 90.7 Å². The second-order valence-electron chi connectivity index (χ2n) is 3.75. The Bertz CT molecular complexity index is 347. The maximum absolute atomic E-state index is 11.6. The van der Waals surface area contributed by atoms with E-state index in [1.165, 1.54) is 7.11 Å². The second kappa shape index (κ2) is 4.94. The molecule has 1 aromatic carbocycles. The molecule has 1 atom stereocenters. The molecule has 3 nitrogen and oxygen atoms in total. The molecule has 0 aromatic heterocycles. The molecule has 1 unspecified atom stereocenters. The van der Waals surface area contributed by atoms with Gasteiger partial charge >= 0.3 is 5.97 Å². The lowest BCUT2D eigenvalue weighted by Gasteiger charge is -2.23. The van der Waals surface area contributed by atoms with Crippen LogP contribution in [0.25, 0.3) is 0 Å². The van der Waals surface area contributed by atoms with Gasteiger partial charge in [0.15, 0.2) is 0 Å². The first-order chi connectivity index (χ1) is 7.07. The molecule has 0 spiro atoms. The van der Waals surface area contributed by atoms with Crippen molar-refractivity contribution in [2.24, 2.45) is 0 Å². The zero-order valence-electron chi connectivity index (χ0n) is 9.65. The number of hydrogen-bond donors (Lipinski definition) is 0. The number of benzene rings is 1. The predicted molar refractivity (Wildman–Crippen MR) is 59.6 cm³/mol. The Kier molecular flexibility index (Phi) is 3.86. The summed E-state index contributed by atoms with van der Waals surface area (Å²) in [6, 6.07) is 7.52. The summed E-state index contributed by atoms with van der Waals surface area (Å²) in [5.74, 6) is -0.227. The van der Waals surface area contributed by atoms with Crippen LogP contribution in [-0.2, 0) is 9.53 Å². The first-order valence-electron chi connectivity index (χ1n) is 4.87. The number of carbonyl (C=O) groups is 1. The summed E-state index contributed by atoms with van der Waals surface area (Å²) < 4.78 is 4.80. The van der Waals surface area contributed by atoms with Crippen LogP contribution in [0.15, 0.2) is 24.3 Å². The molecule has 0 saturated carbocycles. The van der Waals surface area contributed by atoms with Crippen LogP contribution >= 0.6 is 0 Å². The summed E-state index contributed by atoms with van der Waals surface area (Å²) in [6.07, 6.45) is 0. The van der Waals surface area contributed by atoms with Gasteiger partial charge in [0.2, 0.25) is 0 Å². The molecule has 0 aliphatic carbocycles. The third-order valence-corrected chi connectivity index (χ3v) is 2.42. The van der Waals surface area contributed by atoms with E-state index in [2.05, 4.69) is 0 Å². The number of methoxy groups -OCH3 is 1. The molecular formula is C12H17NO2. The molecule has 0 amide bonds. The highest BCUT2D eigenvalue weighted by atomic mass is 16.5. The minimum atomic E-state index is -0.323. The van der Waals surface area contributed by atoms with Crippen LogP contribution in [0, 0.1) is 6.92 Å². The van der Waals surface area contributed by atoms with Gasteiger partial charge in [-0.2, -0.15) is 0 Å². The van der Waals surface area contributed by atoms with Crippen molar-refractivity contribution in [2.45, 2.75) is 13.0 Å². The van der Waals surface area contributed by atoms with Crippen LogP contribution in [0.1, 0.15) is 17.2 Å². The number of hydrogen-bond acceptors (Lipinski definition) is 3. The van der Waals surface area contributed by atoms with Crippen molar-refractivity contribution in [2.75, 3.05) is 21.2 Å². The minimum Gasteiger partial charge on any atom is -0.468 e. The fourth-order valence-electron chi connectivity index (χ4n) is 1.62. The van der Waals surface area contributed by atoms with E-state index < -0.39 is 0 Å². The smallest absolute Gasteiger partial charge is 0.327 e. The van der Waals surface area contributed by atoms with Gasteiger partial charge in [-0.25, -0.2) is 4.79 Å². The zero-order chi connectivity index (χ0) is 11.4. The van der Waals surface area contributed by atoms with E-state index in [-0.39, 0.29) is 12.0 Å². The molecule has 3 heteroatoms. The summed E-state index contributed by atoms with van der Waals surface area (Å²) in [5.41, 5.74) is 2.09. The first kappa shape index (κ1) is 11.7. The van der Waals surface area contributed by atoms with Crippen molar-refractivity contribution in [3.05, 3.63) is 35.4 Å². The summed E-state index contributed by atoms with van der Waals surface area (Å²) >= 11 is 0. The molecule has 0 saturated heterocycles. The Hall–Kier alpha value is -1.35. The molecule has 0 radical (unpaired) electrons. The van der Waals surface area contributed by atoms with Gasteiger partial charge in [0, 0.05) is 0 Å². The highest BCUT2D eigenvalue weighted by molar-refractivity contribution is 5.78. The molecular weight excluding hydrogens is 190 g/mol. The Morgan fingerprint density at radius 1 is 1.33 bits per heavy atom. The normalized spacial score (nSPS) is 12.6. The number of nitrogens with zero attached hydrogens (tertiary/aromatic N) is 1. The summed E-state index contributed by atoms with van der Waals surface area (Å²) in [5, 5.41) is 0. The molecule has 0 heterocycles. The van der Waals surface area contributed by atoms with Crippen molar-refractivity contribution in [3.8, 4) is 0 Å². The quantitative estimate of drug-likeness (QED) is 0.707. The highest BCUT2D eigenvalue weighted by Gasteiger charge is 2.24. The van der Waals surface area contributed by atoms with Crippen LogP contribution < -0.4 is 0 Å². The van der Waals surface area contributed by atoms with E-state index in [1.807, 2.05) is 50.2 Å². The van der Waals surface area contributed by atoms with E-state index >= 15 is 0 Å². The van der Waals surface area contributed by atoms with Crippen molar-refractivity contribution in [3.63, 3.8) is 0 Å². The number of carbonyl (C=O) groups excluding carboxylic acids is 1. The molecule has 1 rings (SSSR count). The summed E-state index contributed by atoms with van der Waals surface area (Å²) in [6.45, 7) is 1.99. The Balaban J connectivity index is 3.10. The average molecular weight is 207 g/mol. The lowest BCUT2D eigenvalue weighted by molar-refractivity contribution is -0.146. The second-order valence-corrected chi connectivity index (χ2v) is 3.75. The molecule has 0 aliphatic heterocycles. The number of esters is 1. The molecule has 0 N–H and O–H groups in total. The monoisotopic (exact) mass is 207 g/mol. The van der Waals surface area contributed by atoms with Crippen molar-refractivity contribution >= 4 is 5.97 Å². The van der Waals surface area contributed by atoms with Crippen LogP contribution in [0.4, 0.5) is 0 Å². The van der Waals surface area contributed by atoms with E-state index in [9.17, 15) is 4.79 Å². The van der Waals surface area contributed by atoms with Gasteiger partial charge in [0.25, 0.3) is 0 Å².